The summed E-state index contributed by atoms with van der Waals surface area (Å²) in [6.07, 6.45) is 1.68. The molecule has 0 saturated heterocycles. The second kappa shape index (κ2) is 9.06. The summed E-state index contributed by atoms with van der Waals surface area (Å²) in [4.78, 5) is 8.85. The first-order valence-electron chi connectivity index (χ1n) is 9.24. The summed E-state index contributed by atoms with van der Waals surface area (Å²) in [5.74, 6) is 1.92. The van der Waals surface area contributed by atoms with Crippen LogP contribution in [0.2, 0.25) is 0 Å². The number of ether oxygens (including phenoxy) is 1. The van der Waals surface area contributed by atoms with Gasteiger partial charge in [-0.3, -0.25) is 0 Å². The number of anilines is 2. The van der Waals surface area contributed by atoms with Gasteiger partial charge in [-0.15, -0.1) is 0 Å². The van der Waals surface area contributed by atoms with Crippen molar-refractivity contribution in [3.05, 3.63) is 75.4 Å². The Morgan fingerprint density at radius 2 is 1.86 bits per heavy atom. The Morgan fingerprint density at radius 1 is 1.11 bits per heavy atom. The Labute approximate surface area is 174 Å². The van der Waals surface area contributed by atoms with Crippen LogP contribution in [-0.4, -0.2) is 17.1 Å². The zero-order valence-electron chi connectivity index (χ0n) is 16.4. The van der Waals surface area contributed by atoms with E-state index < -0.39 is 0 Å². The molecular formula is C22H25BrN4O. The molecule has 0 aliphatic carbocycles. The number of benzene rings is 2. The van der Waals surface area contributed by atoms with Gasteiger partial charge in [0.05, 0.1) is 11.6 Å². The lowest BCUT2D eigenvalue weighted by Crippen LogP contribution is -2.14. The fourth-order valence-electron chi connectivity index (χ4n) is 3.20. The molecule has 0 aliphatic heterocycles. The molecule has 3 rings (SSSR count). The van der Waals surface area contributed by atoms with Crippen LogP contribution in [0.25, 0.3) is 0 Å². The number of nitrogens with zero attached hydrogens (tertiary/aromatic N) is 2. The van der Waals surface area contributed by atoms with Crippen molar-refractivity contribution in [3.63, 3.8) is 0 Å². The summed E-state index contributed by atoms with van der Waals surface area (Å²) in [5.41, 5.74) is 10.3. The van der Waals surface area contributed by atoms with Crippen LogP contribution in [0.1, 0.15) is 35.3 Å². The second-order valence-corrected chi connectivity index (χ2v) is 7.59. The lowest BCUT2D eigenvalue weighted by atomic mass is 10.0. The summed E-state index contributed by atoms with van der Waals surface area (Å²) in [6.45, 7) is 4.10. The van der Waals surface area contributed by atoms with Crippen molar-refractivity contribution in [3.8, 4) is 5.75 Å². The van der Waals surface area contributed by atoms with E-state index in [1.54, 1.807) is 7.11 Å². The molecule has 0 aliphatic rings. The predicted octanol–water partition coefficient (Wildman–Crippen LogP) is 5.10. The maximum Gasteiger partial charge on any atom is 0.222 e. The van der Waals surface area contributed by atoms with Crippen LogP contribution in [0.5, 0.6) is 5.75 Å². The van der Waals surface area contributed by atoms with E-state index in [-0.39, 0.29) is 12.0 Å². The van der Waals surface area contributed by atoms with Gasteiger partial charge in [-0.05, 0) is 65.9 Å². The molecule has 3 N–H and O–H groups in total. The number of nitrogen functional groups attached to an aromatic ring is 1. The van der Waals surface area contributed by atoms with Gasteiger partial charge in [0.25, 0.3) is 0 Å². The van der Waals surface area contributed by atoms with E-state index in [2.05, 4.69) is 62.4 Å². The van der Waals surface area contributed by atoms with E-state index in [1.165, 1.54) is 11.1 Å². The van der Waals surface area contributed by atoms with E-state index in [0.717, 1.165) is 40.1 Å². The summed E-state index contributed by atoms with van der Waals surface area (Å²) < 4.78 is 6.26. The molecule has 0 radical (unpaired) electrons. The average Bonchev–Trinajstić information content (AvgIpc) is 2.68. The van der Waals surface area contributed by atoms with E-state index in [9.17, 15) is 0 Å². The molecule has 146 valence electrons. The molecule has 5 nitrogen and oxygen atoms in total. The highest BCUT2D eigenvalue weighted by atomic mass is 79.9. The predicted molar refractivity (Wildman–Crippen MR) is 118 cm³/mol. The van der Waals surface area contributed by atoms with Crippen molar-refractivity contribution in [1.82, 2.24) is 9.97 Å². The van der Waals surface area contributed by atoms with Gasteiger partial charge >= 0.3 is 0 Å². The van der Waals surface area contributed by atoms with Crippen LogP contribution in [0.4, 0.5) is 11.8 Å². The highest BCUT2D eigenvalue weighted by molar-refractivity contribution is 9.10. The molecule has 28 heavy (non-hydrogen) atoms. The Balaban J connectivity index is 1.81. The molecular weight excluding hydrogens is 416 g/mol. The molecule has 0 fully saturated rings. The summed E-state index contributed by atoms with van der Waals surface area (Å²) >= 11 is 3.55. The molecule has 0 bridgehead atoms. The lowest BCUT2D eigenvalue weighted by molar-refractivity contribution is 0.412. The number of rotatable bonds is 7. The van der Waals surface area contributed by atoms with Gasteiger partial charge in [0.2, 0.25) is 5.95 Å². The molecule has 0 unspecified atom stereocenters. The van der Waals surface area contributed by atoms with Crippen LogP contribution >= 0.6 is 15.9 Å². The van der Waals surface area contributed by atoms with Crippen molar-refractivity contribution >= 4 is 27.7 Å². The average molecular weight is 441 g/mol. The Hall–Kier alpha value is -2.60. The molecule has 0 saturated carbocycles. The number of aryl methyl sites for hydroxylation is 2. The van der Waals surface area contributed by atoms with Crippen molar-refractivity contribution in [2.24, 2.45) is 0 Å². The van der Waals surface area contributed by atoms with Gasteiger partial charge in [-0.25, -0.2) is 4.98 Å². The molecule has 0 amide bonds. The summed E-state index contributed by atoms with van der Waals surface area (Å²) in [5, 5.41) is 3.51. The maximum atomic E-state index is 5.92. The quantitative estimate of drug-likeness (QED) is 0.534. The van der Waals surface area contributed by atoms with Gasteiger partial charge in [-0.1, -0.05) is 36.4 Å². The van der Waals surface area contributed by atoms with Crippen molar-refractivity contribution in [2.45, 2.75) is 32.7 Å². The molecule has 6 heteroatoms. The zero-order valence-corrected chi connectivity index (χ0v) is 18.0. The first-order chi connectivity index (χ1) is 13.5. The zero-order chi connectivity index (χ0) is 20.1. The third-order valence-corrected chi connectivity index (χ3v) is 5.38. The minimum Gasteiger partial charge on any atom is -0.496 e. The van der Waals surface area contributed by atoms with Crippen LogP contribution in [0, 0.1) is 6.92 Å². The maximum absolute atomic E-state index is 5.92. The minimum atomic E-state index is 0.115. The van der Waals surface area contributed by atoms with Crippen LogP contribution < -0.4 is 15.8 Å². The standard InChI is InChI=1S/C22H25BrN4O/c1-14(17-7-5-4-6-8-17)25-21-18(15(2)26-22(24)27-21)11-9-16-10-12-20(28-3)19(23)13-16/h4-8,10,12-14H,9,11H2,1-3H3,(H3,24,25,26,27)/t14-/m0/s1. The van der Waals surface area contributed by atoms with Crippen molar-refractivity contribution in [1.29, 1.82) is 0 Å². The number of hydrogen-bond acceptors (Lipinski definition) is 5. The van der Waals surface area contributed by atoms with Gasteiger partial charge < -0.3 is 15.8 Å². The largest absolute Gasteiger partial charge is 0.496 e. The van der Waals surface area contributed by atoms with Gasteiger partial charge in [0.1, 0.15) is 11.6 Å². The Bertz CT molecular complexity index is 947. The molecule has 0 spiro atoms. The van der Waals surface area contributed by atoms with E-state index in [0.29, 0.717) is 0 Å². The SMILES string of the molecule is COc1ccc(CCc2c(C)nc(N)nc2N[C@@H](C)c2ccccc2)cc1Br. The highest BCUT2D eigenvalue weighted by Crippen LogP contribution is 2.28. The van der Waals surface area contributed by atoms with Crippen molar-refractivity contribution < 1.29 is 4.74 Å². The fraction of sp³-hybridized carbons (Fsp3) is 0.273. The van der Waals surface area contributed by atoms with Crippen LogP contribution in [0.3, 0.4) is 0 Å². The molecule has 1 atom stereocenters. The molecule has 1 heterocycles. The fourth-order valence-corrected chi connectivity index (χ4v) is 3.79. The van der Waals surface area contributed by atoms with E-state index in [4.69, 9.17) is 10.5 Å². The Kier molecular flexibility index (Phi) is 6.52. The normalized spacial score (nSPS) is 11.9. The number of halogens is 1. The molecule has 3 aromatic rings. The third kappa shape index (κ3) is 4.81. The van der Waals surface area contributed by atoms with E-state index in [1.807, 2.05) is 31.2 Å². The number of methoxy groups -OCH3 is 1. The number of nitrogens with one attached hydrogen (secondary N) is 1. The van der Waals surface area contributed by atoms with Gasteiger partial charge in [0.15, 0.2) is 0 Å². The number of aromatic nitrogens is 2. The minimum absolute atomic E-state index is 0.115. The number of nitrogens with two attached hydrogens (primary N) is 1. The van der Waals surface area contributed by atoms with Gasteiger partial charge in [-0.2, -0.15) is 4.98 Å². The lowest BCUT2D eigenvalue weighted by Gasteiger charge is -2.19. The summed E-state index contributed by atoms with van der Waals surface area (Å²) in [6, 6.07) is 16.6. The first kappa shape index (κ1) is 20.1. The monoisotopic (exact) mass is 440 g/mol. The van der Waals surface area contributed by atoms with E-state index >= 15 is 0 Å². The van der Waals surface area contributed by atoms with Crippen LogP contribution in [-0.2, 0) is 12.8 Å². The molecule has 2 aromatic carbocycles. The summed E-state index contributed by atoms with van der Waals surface area (Å²) in [7, 11) is 1.67. The van der Waals surface area contributed by atoms with Crippen molar-refractivity contribution in [2.75, 3.05) is 18.2 Å². The highest BCUT2D eigenvalue weighted by Gasteiger charge is 2.14. The van der Waals surface area contributed by atoms with Gasteiger partial charge in [0, 0.05) is 17.3 Å². The third-order valence-electron chi connectivity index (χ3n) is 4.76. The van der Waals surface area contributed by atoms with Crippen LogP contribution in [0.15, 0.2) is 53.0 Å². The Morgan fingerprint density at radius 3 is 2.54 bits per heavy atom. The number of hydrogen-bond donors (Lipinski definition) is 2. The molecule has 1 aromatic heterocycles. The second-order valence-electron chi connectivity index (χ2n) is 6.74. The topological polar surface area (TPSA) is 73.1 Å². The first-order valence-corrected chi connectivity index (χ1v) is 10.0. The smallest absolute Gasteiger partial charge is 0.222 e.